The molecule has 60 heavy (non-hydrogen) atoms. The normalized spacial score (nSPS) is 18.9. The average molecular weight is 874 g/mol. The van der Waals surface area contributed by atoms with Crippen LogP contribution in [0.15, 0.2) is 119 Å². The standard InChI is InChI=1S/C42H43ClN2O6S2.C6H15N/c1-41(2)36(44(24-26-52(46,47)48)34-20-16-28-10-5-7-14-32(28)38(34)41)22-18-30-12-9-13-31(40(30)43)19-23-37-42(3,4)39-33-15-8-6-11-29(33)17-21-35(39)45(37)25-27-53(49,50)51;1-4-7(5-2)6-3/h5-8,10-11,14-23H,9,12-13,24-27H2,1-4H3,(H-,46,47,48,49,50,51);4-6H2,1-3H3/p+1. The fourth-order valence-electron chi connectivity index (χ4n) is 9.20. The van der Waals surface area contributed by atoms with Gasteiger partial charge in [-0.15, -0.1) is 0 Å². The highest BCUT2D eigenvalue weighted by molar-refractivity contribution is 7.86. The number of allylic oxidation sites excluding steroid dienone is 8. The lowest BCUT2D eigenvalue weighted by atomic mass is 9.78. The van der Waals surface area contributed by atoms with E-state index in [-0.39, 0.29) is 13.1 Å². The molecule has 2 N–H and O–H groups in total. The Morgan fingerprint density at radius 3 is 1.90 bits per heavy atom. The molecule has 3 aliphatic rings. The molecule has 2 aliphatic heterocycles. The van der Waals surface area contributed by atoms with Crippen LogP contribution in [-0.4, -0.2) is 85.4 Å². The zero-order valence-corrected chi connectivity index (χ0v) is 38.3. The third-order valence-electron chi connectivity index (χ3n) is 12.3. The first-order valence-corrected chi connectivity index (χ1v) is 24.5. The first-order chi connectivity index (χ1) is 28.3. The number of halogens is 1. The summed E-state index contributed by atoms with van der Waals surface area (Å²) >= 11 is 7.18. The summed E-state index contributed by atoms with van der Waals surface area (Å²) in [5.74, 6) is -0.816. The smallest absolute Gasteiger partial charge is 0.271 e. The summed E-state index contributed by atoms with van der Waals surface area (Å²) in [7, 11) is -8.40. The lowest BCUT2D eigenvalue weighted by Gasteiger charge is -2.27. The van der Waals surface area contributed by atoms with E-state index < -0.39 is 42.6 Å². The van der Waals surface area contributed by atoms with Crippen LogP contribution in [0.3, 0.4) is 0 Å². The minimum Gasteiger partial charge on any atom is -0.343 e. The van der Waals surface area contributed by atoms with Gasteiger partial charge >= 0.3 is 0 Å². The van der Waals surface area contributed by atoms with Crippen molar-refractivity contribution in [1.29, 1.82) is 0 Å². The number of fused-ring (bicyclic) bond motifs is 6. The van der Waals surface area contributed by atoms with Crippen molar-refractivity contribution in [3.63, 3.8) is 0 Å². The van der Waals surface area contributed by atoms with Crippen LogP contribution in [-0.2, 0) is 31.1 Å². The van der Waals surface area contributed by atoms with E-state index in [4.69, 9.17) is 11.6 Å². The molecular formula is C48H59ClN3O6S2+. The summed E-state index contributed by atoms with van der Waals surface area (Å²) in [6.45, 7) is 18.9. The second kappa shape index (κ2) is 18.1. The van der Waals surface area contributed by atoms with Crippen LogP contribution in [0.5, 0.6) is 0 Å². The van der Waals surface area contributed by atoms with Gasteiger partial charge in [0.05, 0.1) is 11.2 Å². The molecule has 0 fully saturated rings. The first-order valence-electron chi connectivity index (χ1n) is 20.9. The Bertz CT molecular complexity index is 2670. The highest BCUT2D eigenvalue weighted by Gasteiger charge is 2.46. The average Bonchev–Trinajstić information content (AvgIpc) is 3.56. The zero-order valence-electron chi connectivity index (χ0n) is 35.9. The van der Waals surface area contributed by atoms with E-state index in [1.54, 1.807) is 0 Å². The highest BCUT2D eigenvalue weighted by atomic mass is 35.5. The summed E-state index contributed by atoms with van der Waals surface area (Å²) < 4.78 is 69.0. The van der Waals surface area contributed by atoms with Crippen molar-refractivity contribution in [2.45, 2.75) is 78.6 Å². The van der Waals surface area contributed by atoms with Crippen LogP contribution in [0, 0.1) is 0 Å². The van der Waals surface area contributed by atoms with Crippen LogP contribution in [0.4, 0.5) is 11.4 Å². The molecule has 2 heterocycles. The summed E-state index contributed by atoms with van der Waals surface area (Å²) in [5, 5.41) is 5.04. The highest BCUT2D eigenvalue weighted by Crippen LogP contribution is 2.51. The van der Waals surface area contributed by atoms with Gasteiger partial charge in [0.1, 0.15) is 5.75 Å². The topological polar surface area (TPSA) is 118 Å². The maximum Gasteiger partial charge on any atom is 0.271 e. The number of hydrogen-bond donors (Lipinski definition) is 2. The van der Waals surface area contributed by atoms with E-state index in [0.717, 1.165) is 85.9 Å². The van der Waals surface area contributed by atoms with Crippen molar-refractivity contribution in [2.24, 2.45) is 0 Å². The van der Waals surface area contributed by atoms with Crippen molar-refractivity contribution in [3.05, 3.63) is 130 Å². The molecule has 9 nitrogen and oxygen atoms in total. The third kappa shape index (κ3) is 9.52. The molecule has 0 amide bonds. The van der Waals surface area contributed by atoms with Gasteiger partial charge in [0, 0.05) is 46.1 Å². The lowest BCUT2D eigenvalue weighted by Crippen LogP contribution is -2.30. The Kier molecular flexibility index (Phi) is 13.7. The molecular weight excluding hydrogens is 814 g/mol. The molecule has 4 aromatic rings. The summed E-state index contributed by atoms with van der Waals surface area (Å²) in [5.41, 5.74) is 6.84. The summed E-state index contributed by atoms with van der Waals surface area (Å²) in [4.78, 5) is 4.37. The molecule has 0 radical (unpaired) electrons. The van der Waals surface area contributed by atoms with Crippen LogP contribution >= 0.6 is 11.6 Å². The molecule has 0 saturated carbocycles. The van der Waals surface area contributed by atoms with Gasteiger partial charge in [-0.05, 0) is 109 Å². The SMILES string of the molecule is CC1(C)C(/C=C/C2=C(Cl)C(=C/C=C3/N(CCS(=O)(=O)O)c4ccc5ccccc5c4C3(C)C)/CCC2)=[N+](CCS(=O)(=O)O)c2ccc3ccccc3c21.CCN(CC)CC. The quantitative estimate of drug-likeness (QED) is 0.107. The van der Waals surface area contributed by atoms with Gasteiger partial charge in [0.25, 0.3) is 20.2 Å². The largest absolute Gasteiger partial charge is 0.343 e. The molecule has 0 unspecified atom stereocenters. The molecule has 7 rings (SSSR count). The van der Waals surface area contributed by atoms with Crippen LogP contribution < -0.4 is 4.90 Å². The number of benzene rings is 4. The van der Waals surface area contributed by atoms with Gasteiger partial charge in [-0.25, -0.2) is 0 Å². The second-order valence-electron chi connectivity index (χ2n) is 16.8. The van der Waals surface area contributed by atoms with E-state index in [9.17, 15) is 25.9 Å². The summed E-state index contributed by atoms with van der Waals surface area (Å²) in [6.07, 6.45) is 10.6. The van der Waals surface area contributed by atoms with Gasteiger partial charge < -0.3 is 9.80 Å². The first kappa shape index (κ1) is 45.4. The van der Waals surface area contributed by atoms with E-state index >= 15 is 0 Å². The Balaban J connectivity index is 0.000000793. The van der Waals surface area contributed by atoms with Crippen molar-refractivity contribution < 1.29 is 30.5 Å². The van der Waals surface area contributed by atoms with Crippen LogP contribution in [0.1, 0.15) is 78.9 Å². The van der Waals surface area contributed by atoms with Crippen LogP contribution in [0.25, 0.3) is 21.5 Å². The fraction of sp³-hybridized carbons (Fsp3) is 0.396. The van der Waals surface area contributed by atoms with Crippen molar-refractivity contribution in [3.8, 4) is 0 Å². The van der Waals surface area contributed by atoms with Crippen LogP contribution in [0.2, 0.25) is 0 Å². The van der Waals surface area contributed by atoms with Gasteiger partial charge in [-0.3, -0.25) is 9.11 Å². The summed E-state index contributed by atoms with van der Waals surface area (Å²) in [6, 6.07) is 24.5. The number of anilines is 1. The predicted molar refractivity (Wildman–Crippen MR) is 249 cm³/mol. The van der Waals surface area contributed by atoms with E-state index in [2.05, 4.69) is 77.6 Å². The molecule has 0 spiro atoms. The Hall–Kier alpha value is -4.10. The van der Waals surface area contributed by atoms with Crippen molar-refractivity contribution in [1.82, 2.24) is 4.90 Å². The maximum atomic E-state index is 11.9. The van der Waals surface area contributed by atoms with E-state index in [1.807, 2.05) is 82.3 Å². The van der Waals surface area contributed by atoms with Crippen molar-refractivity contribution >= 4 is 70.5 Å². The molecule has 320 valence electrons. The minimum absolute atomic E-state index is 0.0975. The van der Waals surface area contributed by atoms with E-state index in [1.165, 1.54) is 19.6 Å². The third-order valence-corrected chi connectivity index (χ3v) is 14.2. The fourth-order valence-corrected chi connectivity index (χ4v) is 10.3. The molecule has 0 saturated heterocycles. The number of nitrogens with zero attached hydrogens (tertiary/aromatic N) is 3. The molecule has 1 aliphatic carbocycles. The minimum atomic E-state index is -4.20. The molecule has 0 atom stereocenters. The molecule has 0 bridgehead atoms. The molecule has 4 aromatic carbocycles. The van der Waals surface area contributed by atoms with Crippen molar-refractivity contribution in [2.75, 3.05) is 49.1 Å². The second-order valence-corrected chi connectivity index (χ2v) is 20.3. The number of rotatable bonds is 12. The predicted octanol–water partition coefficient (Wildman–Crippen LogP) is 10.3. The molecule has 12 heteroatoms. The lowest BCUT2D eigenvalue weighted by molar-refractivity contribution is -0.432. The van der Waals surface area contributed by atoms with Gasteiger partial charge in [0.15, 0.2) is 12.3 Å². The van der Waals surface area contributed by atoms with E-state index in [0.29, 0.717) is 5.03 Å². The van der Waals surface area contributed by atoms with Gasteiger partial charge in [-0.2, -0.15) is 21.4 Å². The maximum absolute atomic E-state index is 11.9. The Morgan fingerprint density at radius 1 is 0.733 bits per heavy atom. The Morgan fingerprint density at radius 2 is 1.32 bits per heavy atom. The van der Waals surface area contributed by atoms with Gasteiger partial charge in [0.2, 0.25) is 5.69 Å². The monoisotopic (exact) mass is 872 g/mol. The van der Waals surface area contributed by atoms with Gasteiger partial charge in [-0.1, -0.05) is 113 Å². The zero-order chi connectivity index (χ0) is 43.6. The Labute approximate surface area is 361 Å². The number of hydrogen-bond acceptors (Lipinski definition) is 6. The molecule has 0 aromatic heterocycles.